The zero-order valence-corrected chi connectivity index (χ0v) is 17.8. The molecule has 0 saturated carbocycles. The second-order valence-corrected chi connectivity index (χ2v) is 9.40. The zero-order chi connectivity index (χ0) is 21.9. The summed E-state index contributed by atoms with van der Waals surface area (Å²) in [5.74, 6) is -2.95. The molecule has 156 valence electrons. The first kappa shape index (κ1) is 20.8. The SMILES string of the molecule is Cc1c(NC=C2C(=O)OC(C)(C)OC2=O)cc2c(c1[N+](=O)[O-])C(C)(C)CC2(C)C. The number of esters is 2. The van der Waals surface area contributed by atoms with Gasteiger partial charge in [0, 0.05) is 31.3 Å². The summed E-state index contributed by atoms with van der Waals surface area (Å²) in [6.45, 7) is 12.7. The molecule has 0 spiro atoms. The molecule has 1 heterocycles. The van der Waals surface area contributed by atoms with Crippen LogP contribution in [-0.2, 0) is 29.9 Å². The Balaban J connectivity index is 2.09. The monoisotopic (exact) mass is 402 g/mol. The summed E-state index contributed by atoms with van der Waals surface area (Å²) >= 11 is 0. The van der Waals surface area contributed by atoms with E-state index in [-0.39, 0.29) is 27.0 Å². The van der Waals surface area contributed by atoms with E-state index in [9.17, 15) is 19.7 Å². The molecule has 3 rings (SSSR count). The average Bonchev–Trinajstić information content (AvgIpc) is 2.69. The number of hydrogen-bond acceptors (Lipinski definition) is 7. The van der Waals surface area contributed by atoms with Crippen molar-refractivity contribution in [2.24, 2.45) is 0 Å². The van der Waals surface area contributed by atoms with E-state index >= 15 is 0 Å². The molecule has 1 aromatic carbocycles. The lowest BCUT2D eigenvalue weighted by Crippen LogP contribution is -2.42. The lowest BCUT2D eigenvalue weighted by atomic mass is 9.81. The van der Waals surface area contributed by atoms with Gasteiger partial charge in [0.2, 0.25) is 0 Å². The lowest BCUT2D eigenvalue weighted by Gasteiger charge is -2.29. The van der Waals surface area contributed by atoms with Crippen molar-refractivity contribution in [3.8, 4) is 0 Å². The Kier molecular flexibility index (Phi) is 4.52. The van der Waals surface area contributed by atoms with Gasteiger partial charge < -0.3 is 14.8 Å². The lowest BCUT2D eigenvalue weighted by molar-refractivity contribution is -0.386. The maximum absolute atomic E-state index is 12.1. The van der Waals surface area contributed by atoms with Crippen LogP contribution in [0.3, 0.4) is 0 Å². The number of carbonyl (C=O) groups is 2. The number of nitro benzene ring substituents is 1. The van der Waals surface area contributed by atoms with Gasteiger partial charge in [-0.3, -0.25) is 10.1 Å². The molecule has 8 nitrogen and oxygen atoms in total. The van der Waals surface area contributed by atoms with Gasteiger partial charge in [0.15, 0.2) is 5.57 Å². The Hall–Kier alpha value is -2.90. The van der Waals surface area contributed by atoms with Crippen LogP contribution >= 0.6 is 0 Å². The number of fused-ring (bicyclic) bond motifs is 1. The van der Waals surface area contributed by atoms with Crippen molar-refractivity contribution >= 4 is 23.3 Å². The quantitative estimate of drug-likeness (QED) is 0.268. The molecular formula is C21H26N2O6. The molecule has 0 unspecified atom stereocenters. The number of carbonyl (C=O) groups excluding carboxylic acids is 2. The molecule has 0 aromatic heterocycles. The number of nitrogens with zero attached hydrogens (tertiary/aromatic N) is 1. The molecule has 0 bridgehead atoms. The molecule has 2 aliphatic rings. The van der Waals surface area contributed by atoms with E-state index in [1.54, 1.807) is 6.92 Å². The highest BCUT2D eigenvalue weighted by atomic mass is 16.7. The number of anilines is 1. The van der Waals surface area contributed by atoms with Gasteiger partial charge in [0.05, 0.1) is 10.5 Å². The normalized spacial score (nSPS) is 21.1. The third kappa shape index (κ3) is 3.47. The Morgan fingerprint density at radius 2 is 1.62 bits per heavy atom. The van der Waals surface area contributed by atoms with Crippen LogP contribution in [0.25, 0.3) is 0 Å². The van der Waals surface area contributed by atoms with Crippen molar-refractivity contribution in [1.29, 1.82) is 0 Å². The van der Waals surface area contributed by atoms with E-state index in [1.165, 1.54) is 20.0 Å². The van der Waals surface area contributed by atoms with Gasteiger partial charge >= 0.3 is 11.9 Å². The number of hydrogen-bond donors (Lipinski definition) is 1. The first-order valence-electron chi connectivity index (χ1n) is 9.43. The number of benzene rings is 1. The molecule has 1 aliphatic heterocycles. The first-order valence-corrected chi connectivity index (χ1v) is 9.43. The summed E-state index contributed by atoms with van der Waals surface area (Å²) in [5.41, 5.74) is 1.69. The maximum Gasteiger partial charge on any atom is 0.350 e. The van der Waals surface area contributed by atoms with Crippen LogP contribution in [0.1, 0.15) is 64.7 Å². The molecule has 1 aromatic rings. The van der Waals surface area contributed by atoms with Crippen molar-refractivity contribution in [2.75, 3.05) is 5.32 Å². The third-order valence-electron chi connectivity index (χ3n) is 5.52. The van der Waals surface area contributed by atoms with Crippen LogP contribution in [0.5, 0.6) is 0 Å². The number of nitrogens with one attached hydrogen (secondary N) is 1. The van der Waals surface area contributed by atoms with Gasteiger partial charge in [-0.05, 0) is 35.8 Å². The highest BCUT2D eigenvalue weighted by Gasteiger charge is 2.47. The van der Waals surface area contributed by atoms with E-state index in [0.29, 0.717) is 11.3 Å². The fraction of sp³-hybridized carbons (Fsp3) is 0.524. The minimum atomic E-state index is -1.33. The van der Waals surface area contributed by atoms with E-state index < -0.39 is 17.7 Å². The second-order valence-electron chi connectivity index (χ2n) is 9.40. The van der Waals surface area contributed by atoms with E-state index in [2.05, 4.69) is 19.2 Å². The summed E-state index contributed by atoms with van der Waals surface area (Å²) < 4.78 is 10.1. The number of nitro groups is 1. The van der Waals surface area contributed by atoms with E-state index in [0.717, 1.165) is 17.5 Å². The van der Waals surface area contributed by atoms with Crippen LogP contribution in [0.15, 0.2) is 17.8 Å². The highest BCUT2D eigenvalue weighted by Crippen LogP contribution is 2.54. The van der Waals surface area contributed by atoms with Gasteiger partial charge in [-0.2, -0.15) is 0 Å². The Labute approximate surface area is 169 Å². The van der Waals surface area contributed by atoms with Crippen LogP contribution in [0.4, 0.5) is 11.4 Å². The molecule has 0 radical (unpaired) electrons. The maximum atomic E-state index is 12.1. The molecule has 29 heavy (non-hydrogen) atoms. The van der Waals surface area contributed by atoms with Gasteiger partial charge in [-0.25, -0.2) is 9.59 Å². The molecule has 1 N–H and O–H groups in total. The Morgan fingerprint density at radius 3 is 2.14 bits per heavy atom. The average molecular weight is 402 g/mol. The smallest absolute Gasteiger partial charge is 0.350 e. The summed E-state index contributed by atoms with van der Waals surface area (Å²) in [7, 11) is 0. The minimum absolute atomic E-state index is 0.0638. The van der Waals surface area contributed by atoms with E-state index in [1.807, 2.05) is 19.9 Å². The fourth-order valence-electron chi connectivity index (χ4n) is 4.58. The van der Waals surface area contributed by atoms with Gasteiger partial charge in [0.25, 0.3) is 11.5 Å². The predicted molar refractivity (Wildman–Crippen MR) is 106 cm³/mol. The van der Waals surface area contributed by atoms with Gasteiger partial charge in [-0.15, -0.1) is 0 Å². The van der Waals surface area contributed by atoms with Crippen molar-refractivity contribution in [1.82, 2.24) is 0 Å². The summed E-state index contributed by atoms with van der Waals surface area (Å²) in [5, 5.41) is 14.8. The Bertz CT molecular complexity index is 950. The van der Waals surface area contributed by atoms with E-state index in [4.69, 9.17) is 9.47 Å². The second kappa shape index (κ2) is 6.30. The van der Waals surface area contributed by atoms with Gasteiger partial charge in [-0.1, -0.05) is 27.7 Å². The number of ether oxygens (including phenoxy) is 2. The predicted octanol–water partition coefficient (Wildman–Crippen LogP) is 3.99. The summed E-state index contributed by atoms with van der Waals surface area (Å²) in [4.78, 5) is 35.8. The van der Waals surface area contributed by atoms with Crippen LogP contribution in [0, 0.1) is 17.0 Å². The minimum Gasteiger partial charge on any atom is -0.419 e. The summed E-state index contributed by atoms with van der Waals surface area (Å²) in [6.07, 6.45) is 1.96. The van der Waals surface area contributed by atoms with Crippen molar-refractivity contribution in [2.45, 2.75) is 71.5 Å². The van der Waals surface area contributed by atoms with Crippen molar-refractivity contribution < 1.29 is 24.0 Å². The van der Waals surface area contributed by atoms with Crippen LogP contribution in [-0.4, -0.2) is 22.6 Å². The van der Waals surface area contributed by atoms with Crippen LogP contribution in [0.2, 0.25) is 0 Å². The molecule has 8 heteroatoms. The molecule has 0 amide bonds. The summed E-state index contributed by atoms with van der Waals surface area (Å²) in [6, 6.07) is 1.87. The van der Waals surface area contributed by atoms with Crippen molar-refractivity contribution in [3.63, 3.8) is 0 Å². The van der Waals surface area contributed by atoms with Gasteiger partial charge in [0.1, 0.15) is 0 Å². The fourth-order valence-corrected chi connectivity index (χ4v) is 4.58. The zero-order valence-electron chi connectivity index (χ0n) is 17.8. The first-order chi connectivity index (χ1) is 13.2. The van der Waals surface area contributed by atoms with Crippen LogP contribution < -0.4 is 5.32 Å². The molecule has 1 saturated heterocycles. The Morgan fingerprint density at radius 1 is 1.07 bits per heavy atom. The number of cyclic esters (lactones) is 2. The highest BCUT2D eigenvalue weighted by molar-refractivity contribution is 6.15. The standard InChI is InChI=1S/C21H26N2O6/c1-11-14(22-9-12-17(24)28-21(6,7)29-18(12)25)8-13-15(16(11)23(26)27)20(4,5)10-19(13,2)3/h8-9,22H,10H2,1-7H3. The molecule has 0 atom stereocenters. The third-order valence-corrected chi connectivity index (χ3v) is 5.52. The number of rotatable bonds is 3. The topological polar surface area (TPSA) is 108 Å². The molecule has 1 aliphatic carbocycles. The van der Waals surface area contributed by atoms with Crippen molar-refractivity contribution in [3.05, 3.63) is 44.6 Å². The molecular weight excluding hydrogens is 376 g/mol. The largest absolute Gasteiger partial charge is 0.419 e. The molecule has 1 fully saturated rings.